The predicted octanol–water partition coefficient (Wildman–Crippen LogP) is 3.20. The van der Waals surface area contributed by atoms with Crippen molar-refractivity contribution in [2.24, 2.45) is 0 Å². The standard InChI is InChI=1S/C22H20N4O4/c1-14-6-3-4-8-16(14)21-24-18(30-25-21)12-29-19(27)10-11-26-13-23-20-15(2)7-5-9-17(20)22(26)28/h3-9,13H,10-12H2,1-2H3. The van der Waals surface area contributed by atoms with Crippen molar-refractivity contribution in [1.82, 2.24) is 19.7 Å². The molecule has 0 spiro atoms. The molecule has 0 amide bonds. The number of nitrogens with zero attached hydrogens (tertiary/aromatic N) is 4. The van der Waals surface area contributed by atoms with E-state index in [0.717, 1.165) is 16.7 Å². The third-order valence-corrected chi connectivity index (χ3v) is 4.82. The van der Waals surface area contributed by atoms with Crippen LogP contribution in [0.1, 0.15) is 23.4 Å². The maximum Gasteiger partial charge on any atom is 0.308 e. The van der Waals surface area contributed by atoms with Crippen molar-refractivity contribution in [2.45, 2.75) is 33.4 Å². The molecule has 0 fully saturated rings. The van der Waals surface area contributed by atoms with Crippen LogP contribution in [-0.4, -0.2) is 25.7 Å². The van der Waals surface area contributed by atoms with Gasteiger partial charge >= 0.3 is 5.97 Å². The molecule has 0 atom stereocenters. The Morgan fingerprint density at radius 3 is 2.73 bits per heavy atom. The van der Waals surface area contributed by atoms with Crippen LogP contribution in [0.2, 0.25) is 0 Å². The Hall–Kier alpha value is -3.81. The van der Waals surface area contributed by atoms with Crippen LogP contribution in [0.25, 0.3) is 22.3 Å². The van der Waals surface area contributed by atoms with Gasteiger partial charge < -0.3 is 9.26 Å². The van der Waals surface area contributed by atoms with Gasteiger partial charge in [0, 0.05) is 12.1 Å². The number of carbonyl (C=O) groups is 1. The maximum atomic E-state index is 12.6. The summed E-state index contributed by atoms with van der Waals surface area (Å²) in [5, 5.41) is 4.46. The van der Waals surface area contributed by atoms with E-state index in [-0.39, 0.29) is 31.0 Å². The summed E-state index contributed by atoms with van der Waals surface area (Å²) in [7, 11) is 0. The van der Waals surface area contributed by atoms with Gasteiger partial charge in [-0.25, -0.2) is 4.98 Å². The molecule has 0 aliphatic heterocycles. The van der Waals surface area contributed by atoms with Crippen LogP contribution in [-0.2, 0) is 22.7 Å². The lowest BCUT2D eigenvalue weighted by molar-refractivity contribution is -0.146. The molecular formula is C22H20N4O4. The minimum absolute atomic E-state index is 0.0255. The molecule has 4 rings (SSSR count). The maximum absolute atomic E-state index is 12.6. The van der Waals surface area contributed by atoms with Crippen molar-refractivity contribution in [3.63, 3.8) is 0 Å². The van der Waals surface area contributed by atoms with Gasteiger partial charge in [-0.05, 0) is 31.0 Å². The smallest absolute Gasteiger partial charge is 0.308 e. The first kappa shape index (κ1) is 19.5. The minimum atomic E-state index is -0.470. The molecule has 2 heterocycles. The third kappa shape index (κ3) is 3.98. The van der Waals surface area contributed by atoms with E-state index in [2.05, 4.69) is 15.1 Å². The van der Waals surface area contributed by atoms with E-state index < -0.39 is 5.97 Å². The fourth-order valence-electron chi connectivity index (χ4n) is 3.17. The predicted molar refractivity (Wildman–Crippen MR) is 110 cm³/mol. The highest BCUT2D eigenvalue weighted by Gasteiger charge is 2.13. The molecule has 8 nitrogen and oxygen atoms in total. The van der Waals surface area contributed by atoms with Gasteiger partial charge in [-0.3, -0.25) is 14.2 Å². The van der Waals surface area contributed by atoms with Crippen LogP contribution in [0.3, 0.4) is 0 Å². The van der Waals surface area contributed by atoms with Crippen LogP contribution in [0, 0.1) is 13.8 Å². The molecule has 0 bridgehead atoms. The molecule has 4 aromatic rings. The second-order valence-corrected chi connectivity index (χ2v) is 6.95. The number of carbonyl (C=O) groups excluding carboxylic acids is 1. The van der Waals surface area contributed by atoms with Gasteiger partial charge in [0.1, 0.15) is 0 Å². The number of para-hydroxylation sites is 1. The second kappa shape index (κ2) is 8.28. The summed E-state index contributed by atoms with van der Waals surface area (Å²) in [5.41, 5.74) is 3.29. The van der Waals surface area contributed by atoms with Crippen molar-refractivity contribution in [1.29, 1.82) is 0 Å². The van der Waals surface area contributed by atoms with Crippen LogP contribution >= 0.6 is 0 Å². The van der Waals surface area contributed by atoms with Gasteiger partial charge in [0.05, 0.1) is 23.7 Å². The first-order valence-electron chi connectivity index (χ1n) is 9.52. The molecule has 0 radical (unpaired) electrons. The molecule has 0 saturated carbocycles. The highest BCUT2D eigenvalue weighted by atomic mass is 16.6. The molecule has 0 aliphatic rings. The number of ether oxygens (including phenoxy) is 1. The van der Waals surface area contributed by atoms with Crippen LogP contribution in [0.5, 0.6) is 0 Å². The average molecular weight is 404 g/mol. The summed E-state index contributed by atoms with van der Waals surface area (Å²) in [6.07, 6.45) is 1.48. The molecule has 30 heavy (non-hydrogen) atoms. The normalized spacial score (nSPS) is 11.0. The number of rotatable bonds is 6. The number of hydrogen-bond donors (Lipinski definition) is 0. The van der Waals surface area contributed by atoms with Crippen LogP contribution in [0.15, 0.2) is 58.1 Å². The van der Waals surface area contributed by atoms with Crippen molar-refractivity contribution in [2.75, 3.05) is 0 Å². The average Bonchev–Trinajstić information content (AvgIpc) is 3.21. The van der Waals surface area contributed by atoms with Crippen molar-refractivity contribution in [3.05, 3.63) is 76.2 Å². The van der Waals surface area contributed by atoms with Crippen LogP contribution in [0.4, 0.5) is 0 Å². The summed E-state index contributed by atoms with van der Waals surface area (Å²) >= 11 is 0. The van der Waals surface area contributed by atoms with E-state index in [9.17, 15) is 9.59 Å². The summed E-state index contributed by atoms with van der Waals surface area (Å²) in [6.45, 7) is 3.91. The molecule has 152 valence electrons. The van der Waals surface area contributed by atoms with E-state index in [0.29, 0.717) is 16.7 Å². The number of aromatic nitrogens is 4. The number of aryl methyl sites for hydroxylation is 3. The Morgan fingerprint density at radius 2 is 1.90 bits per heavy atom. The fourth-order valence-corrected chi connectivity index (χ4v) is 3.17. The van der Waals surface area contributed by atoms with E-state index in [1.54, 1.807) is 6.07 Å². The lowest BCUT2D eigenvalue weighted by Crippen LogP contribution is -2.22. The Morgan fingerprint density at radius 1 is 1.10 bits per heavy atom. The van der Waals surface area contributed by atoms with E-state index in [1.165, 1.54) is 10.9 Å². The van der Waals surface area contributed by atoms with Gasteiger partial charge in [0.2, 0.25) is 5.82 Å². The molecule has 2 aromatic heterocycles. The van der Waals surface area contributed by atoms with Gasteiger partial charge in [-0.2, -0.15) is 4.98 Å². The van der Waals surface area contributed by atoms with Gasteiger partial charge in [0.25, 0.3) is 11.4 Å². The van der Waals surface area contributed by atoms with Crippen molar-refractivity contribution < 1.29 is 14.1 Å². The summed E-state index contributed by atoms with van der Waals surface area (Å²) in [4.78, 5) is 33.3. The fraction of sp³-hybridized carbons (Fsp3) is 0.227. The molecule has 8 heteroatoms. The Labute approximate surface area is 172 Å². The zero-order valence-electron chi connectivity index (χ0n) is 16.7. The molecule has 0 N–H and O–H groups in total. The Kier molecular flexibility index (Phi) is 5.38. The highest BCUT2D eigenvalue weighted by molar-refractivity contribution is 5.80. The largest absolute Gasteiger partial charge is 0.456 e. The molecule has 0 unspecified atom stereocenters. The van der Waals surface area contributed by atoms with Gasteiger partial charge in [-0.15, -0.1) is 0 Å². The van der Waals surface area contributed by atoms with Gasteiger partial charge in [-0.1, -0.05) is 41.6 Å². The topological polar surface area (TPSA) is 100 Å². The Balaban J connectivity index is 1.36. The van der Waals surface area contributed by atoms with Crippen molar-refractivity contribution in [3.8, 4) is 11.4 Å². The first-order valence-corrected chi connectivity index (χ1v) is 9.52. The lowest BCUT2D eigenvalue weighted by Gasteiger charge is -2.07. The SMILES string of the molecule is Cc1ccccc1-c1noc(COC(=O)CCn2cnc3c(C)cccc3c2=O)n1. The zero-order valence-corrected chi connectivity index (χ0v) is 16.7. The molecule has 0 saturated heterocycles. The quantitative estimate of drug-likeness (QED) is 0.455. The third-order valence-electron chi connectivity index (χ3n) is 4.82. The molecular weight excluding hydrogens is 384 g/mol. The number of esters is 1. The number of fused-ring (bicyclic) bond motifs is 1. The minimum Gasteiger partial charge on any atom is -0.456 e. The summed E-state index contributed by atoms with van der Waals surface area (Å²) in [5.74, 6) is 0.187. The van der Waals surface area contributed by atoms with Gasteiger partial charge in [0.15, 0.2) is 6.61 Å². The first-order chi connectivity index (χ1) is 14.5. The number of benzene rings is 2. The van der Waals surface area contributed by atoms with E-state index >= 15 is 0 Å². The van der Waals surface area contributed by atoms with E-state index in [4.69, 9.17) is 9.26 Å². The van der Waals surface area contributed by atoms with Crippen molar-refractivity contribution >= 4 is 16.9 Å². The highest BCUT2D eigenvalue weighted by Crippen LogP contribution is 2.20. The Bertz CT molecular complexity index is 1280. The monoisotopic (exact) mass is 404 g/mol. The second-order valence-electron chi connectivity index (χ2n) is 6.95. The lowest BCUT2D eigenvalue weighted by atomic mass is 10.1. The van der Waals surface area contributed by atoms with E-state index in [1.807, 2.05) is 50.2 Å². The van der Waals surface area contributed by atoms with Crippen LogP contribution < -0.4 is 5.56 Å². The molecule has 2 aromatic carbocycles. The molecule has 0 aliphatic carbocycles. The zero-order chi connectivity index (χ0) is 21.1. The summed E-state index contributed by atoms with van der Waals surface area (Å²) in [6, 6.07) is 13.1. The number of hydrogen-bond acceptors (Lipinski definition) is 7. The summed E-state index contributed by atoms with van der Waals surface area (Å²) < 4.78 is 11.8.